The average molecular weight is 394 g/mol. The second kappa shape index (κ2) is 8.63. The van der Waals surface area contributed by atoms with Gasteiger partial charge >= 0.3 is 0 Å². The van der Waals surface area contributed by atoms with Crippen LogP contribution in [0.2, 0.25) is 0 Å². The summed E-state index contributed by atoms with van der Waals surface area (Å²) >= 11 is 0. The van der Waals surface area contributed by atoms with Crippen molar-refractivity contribution in [3.63, 3.8) is 0 Å². The SMILES string of the molecule is CNC(=O)[C@H](C)Oc1ccc(S(=O)(=O)Nc2ccc(OC)c(OC)c2)cc1. The van der Waals surface area contributed by atoms with Gasteiger partial charge in [-0.2, -0.15) is 0 Å². The van der Waals surface area contributed by atoms with Crippen LogP contribution in [0.3, 0.4) is 0 Å². The van der Waals surface area contributed by atoms with Crippen LogP contribution in [0.1, 0.15) is 6.92 Å². The monoisotopic (exact) mass is 394 g/mol. The maximum atomic E-state index is 12.6. The van der Waals surface area contributed by atoms with E-state index in [-0.39, 0.29) is 10.8 Å². The molecule has 1 amide bonds. The standard InChI is InChI=1S/C18H22N2O6S/c1-12(18(21)19-2)26-14-6-8-15(9-7-14)27(22,23)20-13-5-10-16(24-3)17(11-13)25-4/h5-12,20H,1-4H3,(H,19,21)/t12-/m0/s1. The average Bonchev–Trinajstić information content (AvgIpc) is 2.67. The van der Waals surface area contributed by atoms with Gasteiger partial charge in [0.25, 0.3) is 15.9 Å². The molecule has 0 saturated heterocycles. The minimum absolute atomic E-state index is 0.0530. The van der Waals surface area contributed by atoms with Gasteiger partial charge in [0.2, 0.25) is 0 Å². The van der Waals surface area contributed by atoms with Gasteiger partial charge in [-0.05, 0) is 43.3 Å². The minimum Gasteiger partial charge on any atom is -0.493 e. The van der Waals surface area contributed by atoms with Crippen molar-refractivity contribution in [1.82, 2.24) is 5.32 Å². The number of amides is 1. The number of sulfonamides is 1. The third-order valence-electron chi connectivity index (χ3n) is 3.70. The lowest BCUT2D eigenvalue weighted by molar-refractivity contribution is -0.126. The number of anilines is 1. The Morgan fingerprint density at radius 3 is 2.19 bits per heavy atom. The molecule has 9 heteroatoms. The summed E-state index contributed by atoms with van der Waals surface area (Å²) in [5.41, 5.74) is 0.334. The molecule has 0 spiro atoms. The topological polar surface area (TPSA) is 103 Å². The zero-order chi connectivity index (χ0) is 20.0. The summed E-state index contributed by atoms with van der Waals surface area (Å²) in [7, 11) is 0.670. The van der Waals surface area contributed by atoms with Crippen LogP contribution in [0, 0.1) is 0 Å². The van der Waals surface area contributed by atoms with E-state index in [1.54, 1.807) is 19.1 Å². The molecule has 2 aromatic carbocycles. The van der Waals surface area contributed by atoms with Gasteiger partial charge in [-0.25, -0.2) is 8.42 Å². The molecule has 146 valence electrons. The summed E-state index contributed by atoms with van der Waals surface area (Å²) in [6.45, 7) is 1.60. The second-order valence-electron chi connectivity index (χ2n) is 5.52. The van der Waals surface area contributed by atoms with Crippen molar-refractivity contribution in [2.24, 2.45) is 0 Å². The van der Waals surface area contributed by atoms with Crippen molar-refractivity contribution in [2.75, 3.05) is 26.0 Å². The molecule has 0 radical (unpaired) electrons. The van der Waals surface area contributed by atoms with Gasteiger partial charge in [0.05, 0.1) is 24.8 Å². The molecule has 0 saturated carbocycles. The number of hydrogen-bond acceptors (Lipinski definition) is 6. The first-order chi connectivity index (χ1) is 12.8. The van der Waals surface area contributed by atoms with Gasteiger partial charge in [0, 0.05) is 13.1 Å². The van der Waals surface area contributed by atoms with E-state index < -0.39 is 16.1 Å². The second-order valence-corrected chi connectivity index (χ2v) is 7.20. The Morgan fingerprint density at radius 1 is 1.00 bits per heavy atom. The number of benzene rings is 2. The molecule has 0 fully saturated rings. The predicted molar refractivity (Wildman–Crippen MR) is 101 cm³/mol. The maximum absolute atomic E-state index is 12.6. The van der Waals surface area contributed by atoms with Crippen LogP contribution in [0.25, 0.3) is 0 Å². The summed E-state index contributed by atoms with van der Waals surface area (Å²) in [5, 5.41) is 2.48. The van der Waals surface area contributed by atoms with Gasteiger partial charge in [0.15, 0.2) is 17.6 Å². The van der Waals surface area contributed by atoms with Crippen LogP contribution in [0.5, 0.6) is 17.2 Å². The van der Waals surface area contributed by atoms with E-state index >= 15 is 0 Å². The quantitative estimate of drug-likeness (QED) is 0.710. The summed E-state index contributed by atoms with van der Waals surface area (Å²) in [6, 6.07) is 10.5. The third-order valence-corrected chi connectivity index (χ3v) is 5.10. The Balaban J connectivity index is 2.16. The van der Waals surface area contributed by atoms with Crippen molar-refractivity contribution < 1.29 is 27.4 Å². The summed E-state index contributed by atoms with van der Waals surface area (Å²) in [5.74, 6) is 1.01. The van der Waals surface area contributed by atoms with Crippen LogP contribution in [-0.4, -0.2) is 41.7 Å². The highest BCUT2D eigenvalue weighted by atomic mass is 32.2. The highest BCUT2D eigenvalue weighted by Crippen LogP contribution is 2.30. The fourth-order valence-electron chi connectivity index (χ4n) is 2.27. The number of carbonyl (C=O) groups excluding carboxylic acids is 1. The van der Waals surface area contributed by atoms with Crippen LogP contribution < -0.4 is 24.2 Å². The highest BCUT2D eigenvalue weighted by Gasteiger charge is 2.17. The first kappa shape index (κ1) is 20.4. The minimum atomic E-state index is -3.81. The molecule has 0 aliphatic heterocycles. The Bertz CT molecular complexity index is 897. The van der Waals surface area contributed by atoms with Crippen LogP contribution in [0.4, 0.5) is 5.69 Å². The van der Waals surface area contributed by atoms with Crippen LogP contribution in [-0.2, 0) is 14.8 Å². The van der Waals surface area contributed by atoms with Gasteiger partial charge in [0.1, 0.15) is 5.75 Å². The molecule has 0 aliphatic carbocycles. The summed E-state index contributed by atoms with van der Waals surface area (Å²) in [6.07, 6.45) is -0.692. The first-order valence-electron chi connectivity index (χ1n) is 8.04. The van der Waals surface area contributed by atoms with Crippen molar-refractivity contribution in [1.29, 1.82) is 0 Å². The molecule has 8 nitrogen and oxygen atoms in total. The van der Waals surface area contributed by atoms with E-state index in [4.69, 9.17) is 14.2 Å². The molecule has 0 heterocycles. The molecule has 1 atom stereocenters. The van der Waals surface area contributed by atoms with Crippen molar-refractivity contribution in [3.8, 4) is 17.2 Å². The number of carbonyl (C=O) groups is 1. The lowest BCUT2D eigenvalue weighted by atomic mass is 10.3. The summed E-state index contributed by atoms with van der Waals surface area (Å²) in [4.78, 5) is 11.5. The predicted octanol–water partition coefficient (Wildman–Crippen LogP) is 2.02. The van der Waals surface area contributed by atoms with Gasteiger partial charge in [-0.3, -0.25) is 9.52 Å². The largest absolute Gasteiger partial charge is 0.493 e. The van der Waals surface area contributed by atoms with Gasteiger partial charge in [-0.1, -0.05) is 0 Å². The number of nitrogens with one attached hydrogen (secondary N) is 2. The Hall–Kier alpha value is -2.94. The van der Waals surface area contributed by atoms with E-state index in [0.717, 1.165) is 0 Å². The van der Waals surface area contributed by atoms with Crippen molar-refractivity contribution in [3.05, 3.63) is 42.5 Å². The number of hydrogen-bond donors (Lipinski definition) is 2. The number of methoxy groups -OCH3 is 2. The number of rotatable bonds is 8. The molecule has 2 aromatic rings. The maximum Gasteiger partial charge on any atom is 0.261 e. The van der Waals surface area contributed by atoms with E-state index in [1.807, 2.05) is 0 Å². The van der Waals surface area contributed by atoms with Crippen molar-refractivity contribution in [2.45, 2.75) is 17.9 Å². The zero-order valence-corrected chi connectivity index (χ0v) is 16.3. The van der Waals surface area contributed by atoms with E-state index in [2.05, 4.69) is 10.0 Å². The Labute approximate surface area is 158 Å². The lowest BCUT2D eigenvalue weighted by Gasteiger charge is -2.14. The van der Waals surface area contributed by atoms with E-state index in [1.165, 1.54) is 51.6 Å². The van der Waals surface area contributed by atoms with Gasteiger partial charge < -0.3 is 19.5 Å². The molecule has 0 aromatic heterocycles. The molecule has 0 bridgehead atoms. The van der Waals surface area contributed by atoms with Crippen LogP contribution in [0.15, 0.2) is 47.4 Å². The Kier molecular flexibility index (Phi) is 6.51. The molecular formula is C18H22N2O6S. The summed E-state index contributed by atoms with van der Waals surface area (Å²) < 4.78 is 43.3. The lowest BCUT2D eigenvalue weighted by Crippen LogP contribution is -2.33. The first-order valence-corrected chi connectivity index (χ1v) is 9.52. The van der Waals surface area contributed by atoms with Crippen molar-refractivity contribution >= 4 is 21.6 Å². The molecule has 2 N–H and O–H groups in total. The third kappa shape index (κ3) is 5.04. The molecule has 0 aliphatic rings. The fraction of sp³-hybridized carbons (Fsp3) is 0.278. The van der Waals surface area contributed by atoms with E-state index in [9.17, 15) is 13.2 Å². The molecular weight excluding hydrogens is 372 g/mol. The fourth-order valence-corrected chi connectivity index (χ4v) is 3.32. The number of ether oxygens (including phenoxy) is 3. The normalized spacial score (nSPS) is 12.0. The molecule has 2 rings (SSSR count). The molecule has 0 unspecified atom stereocenters. The van der Waals surface area contributed by atoms with E-state index in [0.29, 0.717) is 22.9 Å². The van der Waals surface area contributed by atoms with Gasteiger partial charge in [-0.15, -0.1) is 0 Å². The molecule has 27 heavy (non-hydrogen) atoms. The highest BCUT2D eigenvalue weighted by molar-refractivity contribution is 7.92. The number of likely N-dealkylation sites (N-methyl/N-ethyl adjacent to an activating group) is 1. The van der Waals surface area contributed by atoms with Crippen LogP contribution >= 0.6 is 0 Å². The smallest absolute Gasteiger partial charge is 0.261 e. The zero-order valence-electron chi connectivity index (χ0n) is 15.5. The Morgan fingerprint density at radius 2 is 1.63 bits per heavy atom.